The number of unbranched alkanes of at least 4 members (excludes halogenated alkanes) is 1. The normalized spacial score (nSPS) is 13.4. The number of nitrogens with two attached hydrogens (primary N) is 1. The van der Waals surface area contributed by atoms with E-state index in [1.54, 1.807) is 0 Å². The second-order valence-electron chi connectivity index (χ2n) is 4.99. The van der Waals surface area contributed by atoms with Crippen LogP contribution >= 0.6 is 24.0 Å². The summed E-state index contributed by atoms with van der Waals surface area (Å²) in [6, 6.07) is 0.434. The summed E-state index contributed by atoms with van der Waals surface area (Å²) in [5.41, 5.74) is 5.79. The maximum absolute atomic E-state index is 5.79. The van der Waals surface area contributed by atoms with E-state index in [1.165, 1.54) is 25.7 Å². The fraction of sp³-hybridized carbons (Fsp3) is 0.923. The Morgan fingerprint density at radius 1 is 1.18 bits per heavy atom. The van der Waals surface area contributed by atoms with Crippen LogP contribution in [0.3, 0.4) is 0 Å². The van der Waals surface area contributed by atoms with Crippen LogP contribution in [-0.4, -0.2) is 18.5 Å². The maximum Gasteiger partial charge on any atom is 0.188 e. The molecule has 0 radical (unpaired) electrons. The van der Waals surface area contributed by atoms with Crippen molar-refractivity contribution in [3.8, 4) is 0 Å². The lowest BCUT2D eigenvalue weighted by molar-refractivity contribution is 0.493. The first-order valence-corrected chi connectivity index (χ1v) is 6.62. The molecule has 0 fully saturated rings. The van der Waals surface area contributed by atoms with Crippen LogP contribution in [0.4, 0.5) is 0 Å². The number of rotatable bonds is 8. The number of guanidine groups is 1. The van der Waals surface area contributed by atoms with Gasteiger partial charge < -0.3 is 11.1 Å². The first-order valence-electron chi connectivity index (χ1n) is 6.62. The summed E-state index contributed by atoms with van der Waals surface area (Å²) < 4.78 is 0. The van der Waals surface area contributed by atoms with E-state index in [0.717, 1.165) is 18.9 Å². The highest BCUT2D eigenvalue weighted by Gasteiger charge is 2.03. The van der Waals surface area contributed by atoms with Crippen molar-refractivity contribution in [2.24, 2.45) is 16.6 Å². The molecule has 0 aliphatic carbocycles. The Balaban J connectivity index is 0. The van der Waals surface area contributed by atoms with Gasteiger partial charge in [-0.05, 0) is 25.7 Å². The van der Waals surface area contributed by atoms with Crippen LogP contribution in [0.1, 0.15) is 59.8 Å². The predicted octanol–water partition coefficient (Wildman–Crippen LogP) is 3.52. The zero-order chi connectivity index (χ0) is 12.4. The SMILES string of the molecule is CCCCN=C(N)NC(C)CCCC(C)C.I. The van der Waals surface area contributed by atoms with Crippen LogP contribution in [0.25, 0.3) is 0 Å². The molecule has 0 saturated heterocycles. The van der Waals surface area contributed by atoms with Gasteiger partial charge >= 0.3 is 0 Å². The van der Waals surface area contributed by atoms with Crippen LogP contribution in [0, 0.1) is 5.92 Å². The molecule has 0 bridgehead atoms. The summed E-state index contributed by atoms with van der Waals surface area (Å²) in [4.78, 5) is 4.28. The Bertz CT molecular complexity index is 193. The lowest BCUT2D eigenvalue weighted by Crippen LogP contribution is -2.38. The van der Waals surface area contributed by atoms with Crippen molar-refractivity contribution in [2.75, 3.05) is 6.54 Å². The Morgan fingerprint density at radius 2 is 1.82 bits per heavy atom. The highest BCUT2D eigenvalue weighted by molar-refractivity contribution is 14.0. The smallest absolute Gasteiger partial charge is 0.188 e. The van der Waals surface area contributed by atoms with Crippen molar-refractivity contribution < 1.29 is 0 Å². The van der Waals surface area contributed by atoms with Crippen molar-refractivity contribution in [3.63, 3.8) is 0 Å². The van der Waals surface area contributed by atoms with Crippen molar-refractivity contribution in [1.29, 1.82) is 0 Å². The topological polar surface area (TPSA) is 50.4 Å². The Kier molecular flexibility index (Phi) is 14.2. The summed E-state index contributed by atoms with van der Waals surface area (Å²) in [5.74, 6) is 1.40. The van der Waals surface area contributed by atoms with Gasteiger partial charge in [-0.15, -0.1) is 24.0 Å². The molecule has 4 heteroatoms. The van der Waals surface area contributed by atoms with Crippen molar-refractivity contribution in [2.45, 2.75) is 65.8 Å². The fourth-order valence-electron chi connectivity index (χ4n) is 1.56. The lowest BCUT2D eigenvalue weighted by atomic mass is 10.0. The summed E-state index contributed by atoms with van der Waals surface area (Å²) in [5, 5.41) is 3.24. The quantitative estimate of drug-likeness (QED) is 0.303. The average Bonchev–Trinajstić information content (AvgIpc) is 2.17. The predicted molar refractivity (Wildman–Crippen MR) is 88.1 cm³/mol. The molecule has 0 aliphatic heterocycles. The molecular formula is C13H30IN3. The van der Waals surface area contributed by atoms with Gasteiger partial charge in [0.2, 0.25) is 0 Å². The number of hydrogen-bond acceptors (Lipinski definition) is 1. The van der Waals surface area contributed by atoms with Crippen LogP contribution in [0.2, 0.25) is 0 Å². The summed E-state index contributed by atoms with van der Waals surface area (Å²) in [6.07, 6.45) is 6.00. The summed E-state index contributed by atoms with van der Waals surface area (Å²) in [6.45, 7) is 9.70. The van der Waals surface area contributed by atoms with E-state index in [2.05, 4.69) is 38.0 Å². The van der Waals surface area contributed by atoms with Gasteiger partial charge in [0, 0.05) is 12.6 Å². The molecule has 1 atom stereocenters. The third-order valence-electron chi connectivity index (χ3n) is 2.61. The van der Waals surface area contributed by atoms with E-state index in [-0.39, 0.29) is 24.0 Å². The van der Waals surface area contributed by atoms with Crippen molar-refractivity contribution in [3.05, 3.63) is 0 Å². The van der Waals surface area contributed by atoms with E-state index >= 15 is 0 Å². The number of nitrogens with one attached hydrogen (secondary N) is 1. The Morgan fingerprint density at radius 3 is 2.35 bits per heavy atom. The zero-order valence-electron chi connectivity index (χ0n) is 11.8. The van der Waals surface area contributed by atoms with Gasteiger partial charge in [0.1, 0.15) is 0 Å². The van der Waals surface area contributed by atoms with Crippen LogP contribution in [-0.2, 0) is 0 Å². The van der Waals surface area contributed by atoms with E-state index < -0.39 is 0 Å². The minimum Gasteiger partial charge on any atom is -0.370 e. The van der Waals surface area contributed by atoms with E-state index in [4.69, 9.17) is 5.73 Å². The fourth-order valence-corrected chi connectivity index (χ4v) is 1.56. The largest absolute Gasteiger partial charge is 0.370 e. The molecule has 17 heavy (non-hydrogen) atoms. The third-order valence-corrected chi connectivity index (χ3v) is 2.61. The molecule has 0 rings (SSSR count). The Hall–Kier alpha value is 0. The molecule has 0 heterocycles. The number of halogens is 1. The molecule has 3 N–H and O–H groups in total. The zero-order valence-corrected chi connectivity index (χ0v) is 14.2. The molecule has 0 saturated carbocycles. The maximum atomic E-state index is 5.79. The minimum absolute atomic E-state index is 0. The average molecular weight is 355 g/mol. The van der Waals surface area contributed by atoms with Crippen molar-refractivity contribution in [1.82, 2.24) is 5.32 Å². The van der Waals surface area contributed by atoms with Crippen LogP contribution in [0.15, 0.2) is 4.99 Å². The van der Waals surface area contributed by atoms with Crippen LogP contribution in [0.5, 0.6) is 0 Å². The summed E-state index contributed by atoms with van der Waals surface area (Å²) >= 11 is 0. The second-order valence-corrected chi connectivity index (χ2v) is 4.99. The third kappa shape index (κ3) is 13.9. The van der Waals surface area contributed by atoms with Crippen LogP contribution < -0.4 is 11.1 Å². The highest BCUT2D eigenvalue weighted by Crippen LogP contribution is 2.07. The minimum atomic E-state index is 0. The molecule has 0 amide bonds. The van der Waals surface area contributed by atoms with E-state index in [0.29, 0.717) is 12.0 Å². The van der Waals surface area contributed by atoms with Gasteiger partial charge in [-0.3, -0.25) is 4.99 Å². The van der Waals surface area contributed by atoms with E-state index in [9.17, 15) is 0 Å². The lowest BCUT2D eigenvalue weighted by Gasteiger charge is -2.14. The molecule has 0 aromatic rings. The van der Waals surface area contributed by atoms with Gasteiger partial charge in [0.25, 0.3) is 0 Å². The highest BCUT2D eigenvalue weighted by atomic mass is 127. The summed E-state index contributed by atoms with van der Waals surface area (Å²) in [7, 11) is 0. The monoisotopic (exact) mass is 355 g/mol. The molecule has 0 aromatic heterocycles. The second kappa shape index (κ2) is 12.5. The standard InChI is InChI=1S/C13H29N3.HI/c1-5-6-10-15-13(14)16-12(4)9-7-8-11(2)3;/h11-12H,5-10H2,1-4H3,(H3,14,15,16);1H. The molecule has 0 aliphatic rings. The van der Waals surface area contributed by atoms with Crippen molar-refractivity contribution >= 4 is 29.9 Å². The first-order chi connectivity index (χ1) is 7.56. The number of nitrogens with zero attached hydrogens (tertiary/aromatic N) is 1. The number of aliphatic imine (C=N–C) groups is 1. The van der Waals surface area contributed by atoms with Gasteiger partial charge in [-0.1, -0.05) is 40.0 Å². The molecule has 0 aromatic carbocycles. The van der Waals surface area contributed by atoms with Gasteiger partial charge in [0.05, 0.1) is 0 Å². The van der Waals surface area contributed by atoms with Gasteiger partial charge in [-0.2, -0.15) is 0 Å². The molecule has 1 unspecified atom stereocenters. The molecule has 104 valence electrons. The van der Waals surface area contributed by atoms with Gasteiger partial charge in [-0.25, -0.2) is 0 Å². The molecule has 3 nitrogen and oxygen atoms in total. The first kappa shape index (κ1) is 19.3. The molecular weight excluding hydrogens is 325 g/mol. The Labute approximate surface area is 124 Å². The van der Waals surface area contributed by atoms with E-state index in [1.807, 2.05) is 0 Å². The van der Waals surface area contributed by atoms with Gasteiger partial charge in [0.15, 0.2) is 5.96 Å². The molecule has 0 spiro atoms. The number of hydrogen-bond donors (Lipinski definition) is 2.